The molecule has 0 aromatic carbocycles. The van der Waals surface area contributed by atoms with Gasteiger partial charge in [0.2, 0.25) is 5.88 Å². The van der Waals surface area contributed by atoms with Crippen molar-refractivity contribution < 1.29 is 14.3 Å². The van der Waals surface area contributed by atoms with Crippen molar-refractivity contribution in [3.63, 3.8) is 0 Å². The highest BCUT2D eigenvalue weighted by molar-refractivity contribution is 5.80. The minimum absolute atomic E-state index is 0.314. The molecule has 0 radical (unpaired) electrons. The van der Waals surface area contributed by atoms with Gasteiger partial charge in [-0.05, 0) is 25.1 Å². The monoisotopic (exact) mass is 302 g/mol. The van der Waals surface area contributed by atoms with Crippen LogP contribution < -0.4 is 10.5 Å². The van der Waals surface area contributed by atoms with E-state index in [1.165, 1.54) is 0 Å². The third-order valence-electron chi connectivity index (χ3n) is 3.67. The van der Waals surface area contributed by atoms with E-state index < -0.39 is 0 Å². The normalized spacial score (nSPS) is 17.8. The zero-order chi connectivity index (χ0) is 15.5. The van der Waals surface area contributed by atoms with Crippen LogP contribution in [0.2, 0.25) is 0 Å². The second-order valence-corrected chi connectivity index (χ2v) is 5.08. The third kappa shape index (κ3) is 2.67. The number of nitrogens with zero attached hydrogens (tertiary/aromatic N) is 3. The maximum absolute atomic E-state index is 11.9. The number of methoxy groups -OCH3 is 1. The second-order valence-electron chi connectivity index (χ2n) is 5.08. The molecule has 1 unspecified atom stereocenters. The van der Waals surface area contributed by atoms with Gasteiger partial charge in [0, 0.05) is 24.4 Å². The molecule has 7 nitrogen and oxygen atoms in total. The molecule has 1 atom stereocenters. The van der Waals surface area contributed by atoms with Gasteiger partial charge < -0.3 is 20.1 Å². The Balaban J connectivity index is 1.92. The fourth-order valence-electron chi connectivity index (χ4n) is 2.54. The highest BCUT2D eigenvalue weighted by atomic mass is 16.6. The average Bonchev–Trinajstić information content (AvgIpc) is 2.92. The van der Waals surface area contributed by atoms with Gasteiger partial charge in [0.1, 0.15) is 6.10 Å². The Labute approximate surface area is 128 Å². The Kier molecular flexibility index (Phi) is 4.06. The van der Waals surface area contributed by atoms with E-state index in [0.29, 0.717) is 31.0 Å². The predicted molar refractivity (Wildman–Crippen MR) is 80.6 cm³/mol. The summed E-state index contributed by atoms with van der Waals surface area (Å²) in [6.45, 7) is 1.65. The van der Waals surface area contributed by atoms with Crippen LogP contribution in [0.3, 0.4) is 0 Å². The van der Waals surface area contributed by atoms with E-state index in [0.717, 1.165) is 17.5 Å². The fourth-order valence-corrected chi connectivity index (χ4v) is 2.54. The summed E-state index contributed by atoms with van der Waals surface area (Å²) in [5.74, 6) is 0.506. The minimum Gasteiger partial charge on any atom is -0.481 e. The number of pyridine rings is 2. The van der Waals surface area contributed by atoms with Crippen molar-refractivity contribution in [1.82, 2.24) is 14.9 Å². The van der Waals surface area contributed by atoms with E-state index in [9.17, 15) is 4.79 Å². The molecule has 22 heavy (non-hydrogen) atoms. The summed E-state index contributed by atoms with van der Waals surface area (Å²) in [4.78, 5) is 22.3. The van der Waals surface area contributed by atoms with Crippen molar-refractivity contribution in [1.29, 1.82) is 0 Å². The van der Waals surface area contributed by atoms with E-state index in [1.54, 1.807) is 24.3 Å². The number of hydrogen-bond acceptors (Lipinski definition) is 6. The summed E-state index contributed by atoms with van der Waals surface area (Å²) in [7, 11) is 1.56. The molecule has 1 aliphatic heterocycles. The van der Waals surface area contributed by atoms with Crippen molar-refractivity contribution in [2.75, 3.05) is 26.7 Å². The number of carbonyl (C=O) groups is 1. The van der Waals surface area contributed by atoms with Gasteiger partial charge in [0.15, 0.2) is 0 Å². The van der Waals surface area contributed by atoms with Crippen molar-refractivity contribution >= 4 is 17.1 Å². The van der Waals surface area contributed by atoms with Crippen LogP contribution >= 0.6 is 0 Å². The highest BCUT2D eigenvalue weighted by Crippen LogP contribution is 2.30. The van der Waals surface area contributed by atoms with Crippen molar-refractivity contribution in [3.05, 3.63) is 30.0 Å². The van der Waals surface area contributed by atoms with Crippen LogP contribution in [0.5, 0.6) is 5.88 Å². The number of amides is 1. The van der Waals surface area contributed by atoms with Crippen molar-refractivity contribution in [2.24, 2.45) is 5.73 Å². The molecule has 2 aromatic heterocycles. The molecule has 0 bridgehead atoms. The Morgan fingerprint density at radius 2 is 2.32 bits per heavy atom. The van der Waals surface area contributed by atoms with E-state index in [-0.39, 0.29) is 12.2 Å². The molecule has 2 N–H and O–H groups in total. The van der Waals surface area contributed by atoms with Crippen LogP contribution in [0, 0.1) is 0 Å². The fraction of sp³-hybridized carbons (Fsp3) is 0.400. The topological polar surface area (TPSA) is 90.6 Å². The lowest BCUT2D eigenvalue weighted by atomic mass is 10.1. The summed E-state index contributed by atoms with van der Waals surface area (Å²) in [5.41, 5.74) is 7.77. The number of ether oxygens (including phenoxy) is 2. The van der Waals surface area contributed by atoms with E-state index >= 15 is 0 Å². The van der Waals surface area contributed by atoms with E-state index in [1.807, 2.05) is 12.1 Å². The molecule has 1 saturated heterocycles. The molecule has 1 amide bonds. The van der Waals surface area contributed by atoms with E-state index in [2.05, 4.69) is 9.97 Å². The first-order valence-electron chi connectivity index (χ1n) is 7.18. The van der Waals surface area contributed by atoms with E-state index in [4.69, 9.17) is 15.2 Å². The summed E-state index contributed by atoms with van der Waals surface area (Å²) in [5, 5.41) is 0. The molecular weight excluding hydrogens is 284 g/mol. The van der Waals surface area contributed by atoms with Crippen LogP contribution in [-0.4, -0.2) is 47.7 Å². The molecule has 3 rings (SSSR count). The van der Waals surface area contributed by atoms with Crippen LogP contribution in [0.1, 0.15) is 18.1 Å². The first kappa shape index (κ1) is 14.5. The SMILES string of the molecule is COc1ccc2nccc(C3CN(CCCN)C(=O)O3)c2n1. The number of fused-ring (bicyclic) bond motifs is 1. The first-order valence-corrected chi connectivity index (χ1v) is 7.18. The molecule has 7 heteroatoms. The first-order chi connectivity index (χ1) is 10.7. The number of hydrogen-bond donors (Lipinski definition) is 1. The number of aromatic nitrogens is 2. The lowest BCUT2D eigenvalue weighted by molar-refractivity contribution is 0.133. The van der Waals surface area contributed by atoms with Crippen LogP contribution in [0.15, 0.2) is 24.4 Å². The molecule has 2 aromatic rings. The maximum Gasteiger partial charge on any atom is 0.410 e. The Bertz CT molecular complexity index is 692. The number of cyclic esters (lactones) is 1. The molecule has 0 saturated carbocycles. The Morgan fingerprint density at radius 1 is 1.45 bits per heavy atom. The quantitative estimate of drug-likeness (QED) is 0.899. The molecule has 1 fully saturated rings. The molecule has 0 aliphatic carbocycles. The highest BCUT2D eigenvalue weighted by Gasteiger charge is 2.33. The smallest absolute Gasteiger partial charge is 0.410 e. The van der Waals surface area contributed by atoms with Gasteiger partial charge in [-0.2, -0.15) is 0 Å². The maximum atomic E-state index is 11.9. The van der Waals surface area contributed by atoms with Crippen molar-refractivity contribution in [3.8, 4) is 5.88 Å². The Morgan fingerprint density at radius 3 is 3.09 bits per heavy atom. The van der Waals surface area contributed by atoms with Gasteiger partial charge in [0.25, 0.3) is 0 Å². The summed E-state index contributed by atoms with van der Waals surface area (Å²) in [6.07, 6.45) is 1.79. The lowest BCUT2D eigenvalue weighted by Gasteiger charge is -2.13. The van der Waals surface area contributed by atoms with Gasteiger partial charge in [0.05, 0.1) is 24.7 Å². The molecule has 116 valence electrons. The zero-order valence-electron chi connectivity index (χ0n) is 12.4. The number of carbonyl (C=O) groups excluding carboxylic acids is 1. The third-order valence-corrected chi connectivity index (χ3v) is 3.67. The number of rotatable bonds is 5. The summed E-state index contributed by atoms with van der Waals surface area (Å²) >= 11 is 0. The average molecular weight is 302 g/mol. The van der Waals surface area contributed by atoms with Crippen LogP contribution in [-0.2, 0) is 4.74 Å². The summed E-state index contributed by atoms with van der Waals surface area (Å²) in [6, 6.07) is 5.43. The largest absolute Gasteiger partial charge is 0.481 e. The van der Waals surface area contributed by atoms with Gasteiger partial charge in [-0.1, -0.05) is 0 Å². The Hall–Kier alpha value is -2.41. The molecule has 3 heterocycles. The van der Waals surface area contributed by atoms with Crippen LogP contribution in [0.25, 0.3) is 11.0 Å². The van der Waals surface area contributed by atoms with Gasteiger partial charge in [-0.25, -0.2) is 9.78 Å². The van der Waals surface area contributed by atoms with Gasteiger partial charge in [-0.15, -0.1) is 0 Å². The minimum atomic E-state index is -0.351. The molecule has 1 aliphatic rings. The van der Waals surface area contributed by atoms with Crippen molar-refractivity contribution in [2.45, 2.75) is 12.5 Å². The van der Waals surface area contributed by atoms with Crippen LogP contribution in [0.4, 0.5) is 4.79 Å². The van der Waals surface area contributed by atoms with Gasteiger partial charge >= 0.3 is 6.09 Å². The second kappa shape index (κ2) is 6.15. The molecule has 0 spiro atoms. The lowest BCUT2D eigenvalue weighted by Crippen LogP contribution is -2.27. The summed E-state index contributed by atoms with van der Waals surface area (Å²) < 4.78 is 10.6. The predicted octanol–water partition coefficient (Wildman–Crippen LogP) is 1.48. The zero-order valence-corrected chi connectivity index (χ0v) is 12.4. The number of nitrogens with two attached hydrogens (primary N) is 1. The standard InChI is InChI=1S/C15H18N4O3/c1-21-13-4-3-11-14(18-13)10(5-7-17-11)12-9-19(8-2-6-16)15(20)22-12/h3-5,7,12H,2,6,8-9,16H2,1H3. The molecular formula is C15H18N4O3. The van der Waals surface area contributed by atoms with Gasteiger partial charge in [-0.3, -0.25) is 4.98 Å².